The van der Waals surface area contributed by atoms with Crippen LogP contribution in [0.2, 0.25) is 0 Å². The standard InChI is InChI=1S/C68H44N2O/c1-67(2)57-36-32-42-18-8-9-22-47(42)63(57)66-65(67)51-35-34-46(38-60(51)70(66)44-20-4-3-5-21-44)69(45-33-31-41-17-6-7-19-43(41)37-45)59-29-16-30-61-64(59)53-39-52-50-25-12-15-28-56(50)68(58(52)40-62(53)71-61)54-26-13-10-23-48(54)49-24-11-14-27-55(49)68/h3-40H,1-2H3. The smallest absolute Gasteiger partial charge is 0.137 e. The molecule has 13 aromatic rings. The zero-order chi connectivity index (χ0) is 46.7. The van der Waals surface area contributed by atoms with Gasteiger partial charge in [-0.1, -0.05) is 184 Å². The first-order valence-electron chi connectivity index (χ1n) is 24.8. The van der Waals surface area contributed by atoms with Gasteiger partial charge in [-0.2, -0.15) is 0 Å². The third-order valence-electron chi connectivity index (χ3n) is 16.5. The Morgan fingerprint density at radius 2 is 1.03 bits per heavy atom. The highest BCUT2D eigenvalue weighted by Crippen LogP contribution is 2.64. The van der Waals surface area contributed by atoms with Gasteiger partial charge in [0.25, 0.3) is 0 Å². The Morgan fingerprint density at radius 3 is 1.79 bits per heavy atom. The summed E-state index contributed by atoms with van der Waals surface area (Å²) >= 11 is 0. The summed E-state index contributed by atoms with van der Waals surface area (Å²) in [5, 5.41) is 8.39. The van der Waals surface area contributed by atoms with Crippen LogP contribution in [-0.4, -0.2) is 4.57 Å². The molecule has 16 rings (SSSR count). The minimum Gasteiger partial charge on any atom is -0.456 e. The summed E-state index contributed by atoms with van der Waals surface area (Å²) in [6, 6.07) is 85.7. The Bertz CT molecular complexity index is 4410. The topological polar surface area (TPSA) is 21.3 Å². The Labute approximate surface area is 411 Å². The average Bonchev–Trinajstić information content (AvgIpc) is 4.19. The lowest BCUT2D eigenvalue weighted by molar-refractivity contribution is 0.666. The Kier molecular flexibility index (Phi) is 7.62. The highest BCUT2D eigenvalue weighted by Gasteiger charge is 2.52. The highest BCUT2D eigenvalue weighted by molar-refractivity contribution is 6.16. The zero-order valence-corrected chi connectivity index (χ0v) is 39.2. The summed E-state index contributed by atoms with van der Waals surface area (Å²) < 4.78 is 9.68. The lowest BCUT2D eigenvalue weighted by Crippen LogP contribution is -2.25. The molecule has 3 aliphatic carbocycles. The van der Waals surface area contributed by atoms with E-state index >= 15 is 0 Å². The maximum Gasteiger partial charge on any atom is 0.137 e. The fourth-order valence-electron chi connectivity index (χ4n) is 13.6. The van der Waals surface area contributed by atoms with Gasteiger partial charge in [-0.25, -0.2) is 0 Å². The Balaban J connectivity index is 0.978. The molecule has 0 saturated heterocycles. The SMILES string of the molecule is CC1(C)c2ccc3ccccc3c2-c2c1c1ccc(N(c3ccc4ccccc4c3)c3cccc4oc5cc6c(cc5c34)-c3ccccc3C63c4ccccc4-c4ccccc43)cc1n2-c1ccccc1. The molecule has 332 valence electrons. The highest BCUT2D eigenvalue weighted by atomic mass is 16.3. The van der Waals surface area contributed by atoms with E-state index in [0.29, 0.717) is 0 Å². The normalized spacial score (nSPS) is 14.3. The first-order valence-corrected chi connectivity index (χ1v) is 24.8. The van der Waals surface area contributed by atoms with Crippen molar-refractivity contribution >= 4 is 71.4 Å². The van der Waals surface area contributed by atoms with Gasteiger partial charge in [-0.15, -0.1) is 0 Å². The van der Waals surface area contributed by atoms with Crippen LogP contribution in [0.3, 0.4) is 0 Å². The summed E-state index contributed by atoms with van der Waals surface area (Å²) in [6.07, 6.45) is 0. The molecule has 2 aromatic heterocycles. The molecule has 0 radical (unpaired) electrons. The van der Waals surface area contributed by atoms with E-state index in [0.717, 1.165) is 44.7 Å². The van der Waals surface area contributed by atoms with Gasteiger partial charge < -0.3 is 13.9 Å². The van der Waals surface area contributed by atoms with Crippen molar-refractivity contribution in [3.63, 3.8) is 0 Å². The van der Waals surface area contributed by atoms with Gasteiger partial charge in [-0.3, -0.25) is 0 Å². The molecule has 71 heavy (non-hydrogen) atoms. The van der Waals surface area contributed by atoms with E-state index in [9.17, 15) is 0 Å². The van der Waals surface area contributed by atoms with E-state index < -0.39 is 5.41 Å². The molecule has 0 aliphatic heterocycles. The maximum atomic E-state index is 7.14. The third-order valence-corrected chi connectivity index (χ3v) is 16.5. The molecule has 3 aliphatic rings. The summed E-state index contributed by atoms with van der Waals surface area (Å²) in [7, 11) is 0. The number of hydrogen-bond donors (Lipinski definition) is 0. The number of fused-ring (bicyclic) bond motifs is 21. The van der Waals surface area contributed by atoms with Crippen LogP contribution < -0.4 is 4.90 Å². The van der Waals surface area contributed by atoms with Crippen molar-refractivity contribution in [2.75, 3.05) is 4.90 Å². The largest absolute Gasteiger partial charge is 0.456 e. The van der Waals surface area contributed by atoms with Crippen LogP contribution in [0.25, 0.3) is 93.6 Å². The van der Waals surface area contributed by atoms with E-state index in [2.05, 4.69) is 254 Å². The lowest BCUT2D eigenvalue weighted by atomic mass is 9.70. The van der Waals surface area contributed by atoms with Gasteiger partial charge in [0, 0.05) is 38.8 Å². The number of nitrogens with zero attached hydrogens (tertiary/aromatic N) is 2. The number of furan rings is 1. The fraction of sp³-hybridized carbons (Fsp3) is 0.0588. The van der Waals surface area contributed by atoms with E-state index in [-0.39, 0.29) is 5.41 Å². The first kappa shape index (κ1) is 39.0. The Hall–Kier alpha value is -8.92. The number of hydrogen-bond acceptors (Lipinski definition) is 2. The van der Waals surface area contributed by atoms with Crippen LogP contribution in [-0.2, 0) is 10.8 Å². The minimum atomic E-state index is -0.461. The molecule has 0 bridgehead atoms. The molecule has 11 aromatic carbocycles. The molecule has 1 spiro atoms. The monoisotopic (exact) mass is 904 g/mol. The van der Waals surface area contributed by atoms with Crippen LogP contribution in [0.1, 0.15) is 47.2 Å². The second-order valence-electron chi connectivity index (χ2n) is 20.3. The predicted octanol–water partition coefficient (Wildman–Crippen LogP) is 18.0. The molecule has 0 fully saturated rings. The van der Waals surface area contributed by atoms with Crippen LogP contribution in [0.5, 0.6) is 0 Å². The molecule has 0 atom stereocenters. The van der Waals surface area contributed by atoms with Gasteiger partial charge in [-0.05, 0) is 138 Å². The van der Waals surface area contributed by atoms with Crippen molar-refractivity contribution in [1.29, 1.82) is 0 Å². The second-order valence-corrected chi connectivity index (χ2v) is 20.3. The molecule has 3 nitrogen and oxygen atoms in total. The number of aromatic nitrogens is 1. The van der Waals surface area contributed by atoms with Crippen LogP contribution >= 0.6 is 0 Å². The predicted molar refractivity (Wildman–Crippen MR) is 294 cm³/mol. The van der Waals surface area contributed by atoms with Gasteiger partial charge >= 0.3 is 0 Å². The summed E-state index contributed by atoms with van der Waals surface area (Å²) in [5.74, 6) is 0. The second kappa shape index (κ2) is 13.9. The maximum absolute atomic E-state index is 7.14. The molecular weight excluding hydrogens is 861 g/mol. The van der Waals surface area contributed by atoms with E-state index in [1.807, 2.05) is 0 Å². The molecular formula is C68H44N2O. The molecule has 0 unspecified atom stereocenters. The van der Waals surface area contributed by atoms with E-state index in [1.165, 1.54) is 99.3 Å². The molecule has 0 saturated carbocycles. The number of benzene rings is 11. The first-order chi connectivity index (χ1) is 35.0. The third kappa shape index (κ3) is 4.97. The van der Waals surface area contributed by atoms with Gasteiger partial charge in [0.05, 0.1) is 27.7 Å². The summed E-state index contributed by atoms with van der Waals surface area (Å²) in [4.78, 5) is 2.47. The molecule has 0 N–H and O–H groups in total. The van der Waals surface area contributed by atoms with Crippen molar-refractivity contribution in [1.82, 2.24) is 4.57 Å². The van der Waals surface area contributed by atoms with Gasteiger partial charge in [0.1, 0.15) is 11.2 Å². The van der Waals surface area contributed by atoms with Crippen LogP contribution in [0.4, 0.5) is 17.1 Å². The van der Waals surface area contributed by atoms with Crippen molar-refractivity contribution < 1.29 is 4.42 Å². The van der Waals surface area contributed by atoms with Crippen molar-refractivity contribution in [3.05, 3.63) is 264 Å². The van der Waals surface area contributed by atoms with E-state index in [1.54, 1.807) is 0 Å². The number of rotatable bonds is 4. The van der Waals surface area contributed by atoms with Gasteiger partial charge in [0.2, 0.25) is 0 Å². The molecule has 2 heterocycles. The molecule has 3 heteroatoms. The number of para-hydroxylation sites is 1. The van der Waals surface area contributed by atoms with E-state index in [4.69, 9.17) is 4.42 Å². The Morgan fingerprint density at radius 1 is 0.408 bits per heavy atom. The average molecular weight is 905 g/mol. The summed E-state index contributed by atoms with van der Waals surface area (Å²) in [6.45, 7) is 4.81. The quantitative estimate of drug-likeness (QED) is 0.175. The number of anilines is 3. The van der Waals surface area contributed by atoms with Crippen molar-refractivity contribution in [2.24, 2.45) is 0 Å². The van der Waals surface area contributed by atoms with Gasteiger partial charge in [0.15, 0.2) is 0 Å². The zero-order valence-electron chi connectivity index (χ0n) is 39.2. The van der Waals surface area contributed by atoms with Crippen molar-refractivity contribution in [2.45, 2.75) is 24.7 Å². The fourth-order valence-corrected chi connectivity index (χ4v) is 13.6. The molecule has 0 amide bonds. The summed E-state index contributed by atoms with van der Waals surface area (Å²) in [5.41, 5.74) is 22.3. The minimum absolute atomic E-state index is 0.228. The lowest BCUT2D eigenvalue weighted by Gasteiger charge is -2.30. The van der Waals surface area contributed by atoms with Crippen LogP contribution in [0.15, 0.2) is 235 Å². The van der Waals surface area contributed by atoms with Crippen LogP contribution in [0, 0.1) is 0 Å². The van der Waals surface area contributed by atoms with Crippen molar-refractivity contribution in [3.8, 4) is 39.2 Å².